The van der Waals surface area contributed by atoms with Crippen LogP contribution in [-0.2, 0) is 27.4 Å². The number of hydrogen-bond donors (Lipinski definition) is 1. The van der Waals surface area contributed by atoms with E-state index < -0.39 is 12.8 Å². The molecule has 1 aliphatic heterocycles. The molecule has 1 aromatic rings. The molecule has 30 heavy (non-hydrogen) atoms. The Bertz CT molecular complexity index is 716. The Morgan fingerprint density at radius 1 is 1.30 bits per heavy atom. The zero-order valence-corrected chi connectivity index (χ0v) is 19.7. The second kappa shape index (κ2) is 12.3. The van der Waals surface area contributed by atoms with Gasteiger partial charge in [-0.2, -0.15) is 13.2 Å². The second-order valence-corrected chi connectivity index (χ2v) is 7.11. The summed E-state index contributed by atoms with van der Waals surface area (Å²) in [6.45, 7) is 4.86. The van der Waals surface area contributed by atoms with Crippen molar-refractivity contribution in [3.63, 3.8) is 0 Å². The van der Waals surface area contributed by atoms with Crippen molar-refractivity contribution < 1.29 is 27.4 Å². The number of alkyl halides is 3. The highest BCUT2D eigenvalue weighted by Gasteiger charge is 2.36. The summed E-state index contributed by atoms with van der Waals surface area (Å²) < 4.78 is 46.2. The van der Waals surface area contributed by atoms with Gasteiger partial charge in [0.1, 0.15) is 6.61 Å². The Labute approximate surface area is 192 Å². The van der Waals surface area contributed by atoms with E-state index >= 15 is 0 Å². The fourth-order valence-corrected chi connectivity index (χ4v) is 3.29. The van der Waals surface area contributed by atoms with Crippen LogP contribution in [0.4, 0.5) is 13.2 Å². The van der Waals surface area contributed by atoms with Gasteiger partial charge in [0.2, 0.25) is 0 Å². The molecular formula is C20H29F3IN3O3. The van der Waals surface area contributed by atoms with Crippen molar-refractivity contribution in [3.05, 3.63) is 35.4 Å². The van der Waals surface area contributed by atoms with E-state index in [9.17, 15) is 18.0 Å². The van der Waals surface area contributed by atoms with Crippen LogP contribution in [0.2, 0.25) is 0 Å². The lowest BCUT2D eigenvalue weighted by Gasteiger charge is -2.21. The third-order valence-corrected chi connectivity index (χ3v) is 4.69. The van der Waals surface area contributed by atoms with E-state index in [-0.39, 0.29) is 48.4 Å². The number of hydrogen-bond acceptors (Lipinski definition) is 4. The molecule has 2 rings (SSSR count). The molecule has 2 atom stereocenters. The molecule has 1 heterocycles. The second-order valence-electron chi connectivity index (χ2n) is 7.11. The highest BCUT2D eigenvalue weighted by atomic mass is 127. The van der Waals surface area contributed by atoms with E-state index in [1.807, 2.05) is 24.8 Å². The number of halogens is 4. The van der Waals surface area contributed by atoms with Crippen molar-refractivity contribution in [3.8, 4) is 0 Å². The Morgan fingerprint density at radius 2 is 2.00 bits per heavy atom. The Kier molecular flexibility index (Phi) is 10.9. The molecule has 2 unspecified atom stereocenters. The molecule has 1 aromatic carbocycles. The van der Waals surface area contributed by atoms with Crippen LogP contribution in [0, 0.1) is 11.8 Å². The van der Waals surface area contributed by atoms with Gasteiger partial charge in [0.25, 0.3) is 0 Å². The highest BCUT2D eigenvalue weighted by molar-refractivity contribution is 14.0. The molecule has 0 saturated carbocycles. The molecule has 1 fully saturated rings. The summed E-state index contributed by atoms with van der Waals surface area (Å²) in [4.78, 5) is 18.6. The quantitative estimate of drug-likeness (QED) is 0.247. The summed E-state index contributed by atoms with van der Waals surface area (Å²) in [5.41, 5.74) is 1.53. The van der Waals surface area contributed by atoms with Crippen LogP contribution in [0.3, 0.4) is 0 Å². The average molecular weight is 543 g/mol. The molecule has 1 aliphatic rings. The summed E-state index contributed by atoms with van der Waals surface area (Å²) in [7, 11) is 1.39. The standard InChI is InChI=1S/C20H28F3N3O3.HI/c1-4-24-19(26-10-14(2)17(11-26)18(27)28-3)25-9-15-6-5-7-16(8-15)12-29-13-20(21,22)23;/h5-8,14,17H,4,9-13H2,1-3H3,(H,24,25);1H. The van der Waals surface area contributed by atoms with Gasteiger partial charge in [-0.3, -0.25) is 4.79 Å². The van der Waals surface area contributed by atoms with Gasteiger partial charge in [-0.1, -0.05) is 31.2 Å². The number of ether oxygens (including phenoxy) is 2. The monoisotopic (exact) mass is 543 g/mol. The fourth-order valence-electron chi connectivity index (χ4n) is 3.29. The summed E-state index contributed by atoms with van der Waals surface area (Å²) in [5.74, 6) is 0.435. The number of benzene rings is 1. The smallest absolute Gasteiger partial charge is 0.411 e. The molecular weight excluding hydrogens is 514 g/mol. The number of nitrogens with one attached hydrogen (secondary N) is 1. The maximum atomic E-state index is 12.2. The highest BCUT2D eigenvalue weighted by Crippen LogP contribution is 2.24. The number of nitrogens with zero attached hydrogens (tertiary/aromatic N) is 2. The van der Waals surface area contributed by atoms with Crippen LogP contribution in [0.25, 0.3) is 0 Å². The van der Waals surface area contributed by atoms with Gasteiger partial charge in [-0.25, -0.2) is 4.99 Å². The first-order valence-corrected chi connectivity index (χ1v) is 9.57. The fraction of sp³-hybridized carbons (Fsp3) is 0.600. The predicted octanol–water partition coefficient (Wildman–Crippen LogP) is 3.59. The normalized spacial score (nSPS) is 19.4. The van der Waals surface area contributed by atoms with Crippen molar-refractivity contribution in [2.75, 3.05) is 33.4 Å². The van der Waals surface area contributed by atoms with Crippen LogP contribution >= 0.6 is 24.0 Å². The van der Waals surface area contributed by atoms with Gasteiger partial charge >= 0.3 is 12.1 Å². The molecule has 6 nitrogen and oxygen atoms in total. The Balaban J connectivity index is 0.00000450. The lowest BCUT2D eigenvalue weighted by Crippen LogP contribution is -2.40. The number of aliphatic imine (C=N–C) groups is 1. The van der Waals surface area contributed by atoms with E-state index in [0.29, 0.717) is 37.7 Å². The van der Waals surface area contributed by atoms with E-state index in [0.717, 1.165) is 5.56 Å². The minimum absolute atomic E-state index is 0. The molecule has 1 N–H and O–H groups in total. The SMILES string of the molecule is CCNC(=NCc1cccc(COCC(F)(F)F)c1)N1CC(C)C(C(=O)OC)C1.I. The number of carbonyl (C=O) groups excluding carboxylic acids is 1. The molecule has 0 aromatic heterocycles. The van der Waals surface area contributed by atoms with Crippen LogP contribution in [0.15, 0.2) is 29.3 Å². The minimum atomic E-state index is -4.34. The van der Waals surface area contributed by atoms with E-state index in [4.69, 9.17) is 9.47 Å². The molecule has 0 spiro atoms. The first kappa shape index (κ1) is 26.5. The largest absolute Gasteiger partial charge is 0.469 e. The average Bonchev–Trinajstić information content (AvgIpc) is 3.05. The number of esters is 1. The van der Waals surface area contributed by atoms with Crippen molar-refractivity contribution in [2.24, 2.45) is 16.8 Å². The summed E-state index contributed by atoms with van der Waals surface area (Å²) in [6, 6.07) is 7.14. The zero-order chi connectivity index (χ0) is 21.4. The van der Waals surface area contributed by atoms with Crippen LogP contribution in [0.1, 0.15) is 25.0 Å². The third-order valence-electron chi connectivity index (χ3n) is 4.69. The number of guanidine groups is 1. The topological polar surface area (TPSA) is 63.2 Å². The maximum Gasteiger partial charge on any atom is 0.411 e. The number of rotatable bonds is 7. The summed E-state index contributed by atoms with van der Waals surface area (Å²) >= 11 is 0. The van der Waals surface area contributed by atoms with E-state index in [2.05, 4.69) is 10.3 Å². The van der Waals surface area contributed by atoms with Gasteiger partial charge in [0, 0.05) is 19.6 Å². The van der Waals surface area contributed by atoms with E-state index in [1.54, 1.807) is 18.2 Å². The molecule has 170 valence electrons. The first-order valence-electron chi connectivity index (χ1n) is 9.57. The number of methoxy groups -OCH3 is 1. The molecule has 0 amide bonds. The van der Waals surface area contributed by atoms with Gasteiger partial charge in [-0.05, 0) is 24.0 Å². The maximum absolute atomic E-state index is 12.2. The number of likely N-dealkylation sites (tertiary alicyclic amines) is 1. The van der Waals surface area contributed by atoms with Crippen molar-refractivity contribution >= 4 is 35.9 Å². The van der Waals surface area contributed by atoms with Crippen LogP contribution in [-0.4, -0.2) is 56.4 Å². The summed E-state index contributed by atoms with van der Waals surface area (Å²) in [6.07, 6.45) is -4.34. The lowest BCUT2D eigenvalue weighted by atomic mass is 9.99. The van der Waals surface area contributed by atoms with Crippen molar-refractivity contribution in [2.45, 2.75) is 33.2 Å². The Morgan fingerprint density at radius 3 is 2.63 bits per heavy atom. The van der Waals surface area contributed by atoms with E-state index in [1.165, 1.54) is 7.11 Å². The van der Waals surface area contributed by atoms with Gasteiger partial charge in [0.15, 0.2) is 5.96 Å². The minimum Gasteiger partial charge on any atom is -0.469 e. The molecule has 1 saturated heterocycles. The molecule has 0 bridgehead atoms. The summed E-state index contributed by atoms with van der Waals surface area (Å²) in [5, 5.41) is 3.23. The lowest BCUT2D eigenvalue weighted by molar-refractivity contribution is -0.176. The molecule has 10 heteroatoms. The van der Waals surface area contributed by atoms with Crippen molar-refractivity contribution in [1.29, 1.82) is 0 Å². The number of carbonyl (C=O) groups is 1. The van der Waals surface area contributed by atoms with Crippen LogP contribution < -0.4 is 5.32 Å². The predicted molar refractivity (Wildman–Crippen MR) is 119 cm³/mol. The first-order chi connectivity index (χ1) is 13.7. The molecule has 0 radical (unpaired) electrons. The van der Waals surface area contributed by atoms with Gasteiger partial charge in [-0.15, -0.1) is 24.0 Å². The third kappa shape index (κ3) is 8.29. The van der Waals surface area contributed by atoms with Gasteiger partial charge in [0.05, 0.1) is 26.2 Å². The van der Waals surface area contributed by atoms with Crippen LogP contribution in [0.5, 0.6) is 0 Å². The molecule has 0 aliphatic carbocycles. The Hall–Kier alpha value is -1.56. The zero-order valence-electron chi connectivity index (χ0n) is 17.4. The van der Waals surface area contributed by atoms with Gasteiger partial charge < -0.3 is 19.7 Å². The van der Waals surface area contributed by atoms with Crippen molar-refractivity contribution in [1.82, 2.24) is 10.2 Å².